The van der Waals surface area contributed by atoms with Gasteiger partial charge in [0.1, 0.15) is 0 Å². The number of hydrogen-bond acceptors (Lipinski definition) is 0. The first kappa shape index (κ1) is 7.92. The molecule has 0 heterocycles. The van der Waals surface area contributed by atoms with Crippen molar-refractivity contribution in [2.45, 2.75) is 6.92 Å². The lowest BCUT2D eigenvalue weighted by Gasteiger charge is -2.00. The summed E-state index contributed by atoms with van der Waals surface area (Å²) in [4.78, 5) is 0. The lowest BCUT2D eigenvalue weighted by Crippen LogP contribution is -1.89. The van der Waals surface area contributed by atoms with Gasteiger partial charge in [0, 0.05) is 5.56 Å². The van der Waals surface area contributed by atoms with E-state index in [0.29, 0.717) is 5.57 Å². The summed E-state index contributed by atoms with van der Waals surface area (Å²) in [5.41, 5.74) is 0.770. The van der Waals surface area contributed by atoms with Crippen LogP contribution in [0, 0.1) is 11.6 Å². The van der Waals surface area contributed by atoms with Gasteiger partial charge < -0.3 is 0 Å². The zero-order valence-electron chi connectivity index (χ0n) is 6.20. The summed E-state index contributed by atoms with van der Waals surface area (Å²) >= 11 is 0. The van der Waals surface area contributed by atoms with Gasteiger partial charge in [-0.05, 0) is 18.6 Å². The first-order valence-corrected chi connectivity index (χ1v) is 3.23. The number of halogens is 2. The Labute approximate surface area is 64.2 Å². The molecule has 0 bridgehead atoms. The standard InChI is InChI=1S/C9H8F2/c1-6(2)7-4-3-5-8(10)9(7)11/h3-5H,1H2,2H3. The van der Waals surface area contributed by atoms with Crippen LogP contribution in [0.5, 0.6) is 0 Å². The van der Waals surface area contributed by atoms with Crippen LogP contribution in [0.4, 0.5) is 8.78 Å². The average molecular weight is 154 g/mol. The van der Waals surface area contributed by atoms with Crippen molar-refractivity contribution in [3.05, 3.63) is 42.0 Å². The zero-order chi connectivity index (χ0) is 8.43. The van der Waals surface area contributed by atoms with Gasteiger partial charge in [0.05, 0.1) is 0 Å². The molecule has 2 heteroatoms. The number of rotatable bonds is 1. The van der Waals surface area contributed by atoms with Crippen LogP contribution in [0.1, 0.15) is 12.5 Å². The fourth-order valence-corrected chi connectivity index (χ4v) is 0.833. The van der Waals surface area contributed by atoms with E-state index < -0.39 is 11.6 Å². The molecule has 0 radical (unpaired) electrons. The maximum absolute atomic E-state index is 12.8. The normalized spacial score (nSPS) is 9.73. The Balaban J connectivity index is 3.27. The molecule has 11 heavy (non-hydrogen) atoms. The second kappa shape index (κ2) is 2.82. The van der Waals surface area contributed by atoms with E-state index in [9.17, 15) is 8.78 Å². The minimum absolute atomic E-state index is 0.241. The van der Waals surface area contributed by atoms with Crippen molar-refractivity contribution in [1.82, 2.24) is 0 Å². The molecule has 58 valence electrons. The molecule has 0 aliphatic heterocycles. The van der Waals surface area contributed by atoms with Crippen LogP contribution in [0.15, 0.2) is 24.8 Å². The second-order valence-corrected chi connectivity index (χ2v) is 2.38. The van der Waals surface area contributed by atoms with Crippen LogP contribution in [-0.2, 0) is 0 Å². The first-order valence-electron chi connectivity index (χ1n) is 3.23. The van der Waals surface area contributed by atoms with E-state index in [4.69, 9.17) is 0 Å². The molecule has 0 nitrogen and oxygen atoms in total. The fourth-order valence-electron chi connectivity index (χ4n) is 0.833. The smallest absolute Gasteiger partial charge is 0.166 e. The molecular formula is C9H8F2. The average Bonchev–Trinajstić information content (AvgIpc) is 1.94. The van der Waals surface area contributed by atoms with E-state index in [1.807, 2.05) is 0 Å². The quantitative estimate of drug-likeness (QED) is 0.583. The largest absolute Gasteiger partial charge is 0.204 e. The third kappa shape index (κ3) is 1.45. The molecule has 0 atom stereocenters. The van der Waals surface area contributed by atoms with Crippen LogP contribution < -0.4 is 0 Å². The maximum atomic E-state index is 12.8. The molecule has 0 aromatic heterocycles. The Hall–Kier alpha value is -1.18. The van der Waals surface area contributed by atoms with E-state index in [-0.39, 0.29) is 5.56 Å². The molecular weight excluding hydrogens is 146 g/mol. The van der Waals surface area contributed by atoms with Crippen molar-refractivity contribution in [3.63, 3.8) is 0 Å². The summed E-state index contributed by atoms with van der Waals surface area (Å²) in [6.45, 7) is 5.16. The molecule has 0 aliphatic carbocycles. The van der Waals surface area contributed by atoms with Crippen LogP contribution in [0.2, 0.25) is 0 Å². The van der Waals surface area contributed by atoms with Crippen molar-refractivity contribution in [3.8, 4) is 0 Å². The SMILES string of the molecule is C=C(C)c1cccc(F)c1F. The number of benzene rings is 1. The Kier molecular flexibility index (Phi) is 2.03. The van der Waals surface area contributed by atoms with Gasteiger partial charge in [0.15, 0.2) is 11.6 Å². The highest BCUT2D eigenvalue weighted by molar-refractivity contribution is 5.61. The van der Waals surface area contributed by atoms with Crippen LogP contribution in [0.3, 0.4) is 0 Å². The van der Waals surface area contributed by atoms with Crippen molar-refractivity contribution in [2.75, 3.05) is 0 Å². The molecule has 1 rings (SSSR count). The Morgan fingerprint density at radius 1 is 1.36 bits per heavy atom. The predicted molar refractivity (Wildman–Crippen MR) is 41.1 cm³/mol. The lowest BCUT2D eigenvalue weighted by molar-refractivity contribution is 0.506. The summed E-state index contributed by atoms with van der Waals surface area (Å²) < 4.78 is 25.3. The molecule has 0 aliphatic rings. The molecule has 1 aromatic carbocycles. The van der Waals surface area contributed by atoms with Gasteiger partial charge in [-0.15, -0.1) is 0 Å². The van der Waals surface area contributed by atoms with Crippen LogP contribution in [-0.4, -0.2) is 0 Å². The van der Waals surface area contributed by atoms with E-state index in [1.165, 1.54) is 12.1 Å². The van der Waals surface area contributed by atoms with Gasteiger partial charge in [-0.2, -0.15) is 0 Å². The van der Waals surface area contributed by atoms with Crippen molar-refractivity contribution in [1.29, 1.82) is 0 Å². The summed E-state index contributed by atoms with van der Waals surface area (Å²) in [6, 6.07) is 4.05. The molecule has 0 fully saturated rings. The molecule has 0 saturated heterocycles. The lowest BCUT2D eigenvalue weighted by atomic mass is 10.1. The minimum Gasteiger partial charge on any atom is -0.204 e. The van der Waals surface area contributed by atoms with Crippen molar-refractivity contribution in [2.24, 2.45) is 0 Å². The Bertz CT molecular complexity index is 290. The summed E-state index contributed by atoms with van der Waals surface area (Å²) in [5, 5.41) is 0. The van der Waals surface area contributed by atoms with E-state index in [0.717, 1.165) is 6.07 Å². The first-order chi connectivity index (χ1) is 5.13. The Morgan fingerprint density at radius 3 is 2.45 bits per heavy atom. The number of allylic oxidation sites excluding steroid dienone is 1. The molecule has 1 aromatic rings. The minimum atomic E-state index is -0.828. The van der Waals surface area contributed by atoms with Crippen molar-refractivity contribution < 1.29 is 8.78 Å². The molecule has 0 unspecified atom stereocenters. The molecule has 0 saturated carbocycles. The monoisotopic (exact) mass is 154 g/mol. The van der Waals surface area contributed by atoms with Gasteiger partial charge in [-0.3, -0.25) is 0 Å². The van der Waals surface area contributed by atoms with Gasteiger partial charge in [0.25, 0.3) is 0 Å². The van der Waals surface area contributed by atoms with Crippen LogP contribution >= 0.6 is 0 Å². The summed E-state index contributed by atoms with van der Waals surface area (Å²) in [6.07, 6.45) is 0. The zero-order valence-corrected chi connectivity index (χ0v) is 6.20. The molecule has 0 spiro atoms. The second-order valence-electron chi connectivity index (χ2n) is 2.38. The van der Waals surface area contributed by atoms with Crippen LogP contribution in [0.25, 0.3) is 5.57 Å². The highest BCUT2D eigenvalue weighted by atomic mass is 19.2. The van der Waals surface area contributed by atoms with Gasteiger partial charge >= 0.3 is 0 Å². The molecule has 0 N–H and O–H groups in total. The van der Waals surface area contributed by atoms with Crippen molar-refractivity contribution >= 4 is 5.57 Å². The van der Waals surface area contributed by atoms with E-state index in [1.54, 1.807) is 6.92 Å². The topological polar surface area (TPSA) is 0 Å². The number of hydrogen-bond donors (Lipinski definition) is 0. The Morgan fingerprint density at radius 2 is 2.00 bits per heavy atom. The van der Waals surface area contributed by atoms with Gasteiger partial charge in [-0.1, -0.05) is 18.7 Å². The maximum Gasteiger partial charge on any atom is 0.166 e. The van der Waals surface area contributed by atoms with Gasteiger partial charge in [0.2, 0.25) is 0 Å². The summed E-state index contributed by atoms with van der Waals surface area (Å²) in [5.74, 6) is -1.65. The third-order valence-corrected chi connectivity index (χ3v) is 1.41. The highest BCUT2D eigenvalue weighted by Crippen LogP contribution is 2.17. The predicted octanol–water partition coefficient (Wildman–Crippen LogP) is 3.00. The molecule has 0 amide bonds. The summed E-state index contributed by atoms with van der Waals surface area (Å²) in [7, 11) is 0. The van der Waals surface area contributed by atoms with Gasteiger partial charge in [-0.25, -0.2) is 8.78 Å². The third-order valence-electron chi connectivity index (χ3n) is 1.41. The van der Waals surface area contributed by atoms with E-state index in [2.05, 4.69) is 6.58 Å². The van der Waals surface area contributed by atoms with E-state index >= 15 is 0 Å². The fraction of sp³-hybridized carbons (Fsp3) is 0.111. The highest BCUT2D eigenvalue weighted by Gasteiger charge is 2.06.